The Bertz CT molecular complexity index is 701. The molecular weight excluding hydrogens is 366 g/mol. The minimum Gasteiger partial charge on any atom is -0.326 e. The number of para-hydroxylation sites is 1. The summed E-state index contributed by atoms with van der Waals surface area (Å²) in [5.41, 5.74) is 0.708. The van der Waals surface area contributed by atoms with Gasteiger partial charge in [-0.3, -0.25) is 9.69 Å². The predicted molar refractivity (Wildman–Crippen MR) is 105 cm³/mol. The van der Waals surface area contributed by atoms with Crippen LogP contribution in [0.15, 0.2) is 24.3 Å². The lowest BCUT2D eigenvalue weighted by atomic mass is 10.2. The van der Waals surface area contributed by atoms with Gasteiger partial charge in [-0.1, -0.05) is 23.7 Å². The third-order valence-electron chi connectivity index (χ3n) is 5.80. The molecule has 2 N–H and O–H groups in total. The monoisotopic (exact) mass is 391 g/mol. The molecule has 0 bridgehead atoms. The van der Waals surface area contributed by atoms with Crippen molar-refractivity contribution >= 4 is 29.2 Å². The van der Waals surface area contributed by atoms with Crippen LogP contribution in [-0.4, -0.2) is 79.6 Å². The molecule has 4 rings (SSSR count). The van der Waals surface area contributed by atoms with Crippen LogP contribution < -0.4 is 15.5 Å². The predicted octanol–water partition coefficient (Wildman–Crippen LogP) is 1.13. The highest BCUT2D eigenvalue weighted by Gasteiger charge is 2.36. The summed E-state index contributed by atoms with van der Waals surface area (Å²) in [6.07, 6.45) is 1.78. The summed E-state index contributed by atoms with van der Waals surface area (Å²) in [4.78, 5) is 31.3. The number of halogens is 1. The summed E-state index contributed by atoms with van der Waals surface area (Å²) < 4.78 is 0. The van der Waals surface area contributed by atoms with Gasteiger partial charge in [0.2, 0.25) is 5.91 Å². The number of amides is 3. The van der Waals surface area contributed by atoms with Crippen LogP contribution in [0.2, 0.25) is 5.02 Å². The number of hydrogen-bond donors (Lipinski definition) is 2. The number of benzene rings is 1. The molecule has 0 aliphatic carbocycles. The Hall–Kier alpha value is -1.83. The second-order valence-corrected chi connectivity index (χ2v) is 7.81. The van der Waals surface area contributed by atoms with E-state index in [-0.39, 0.29) is 11.9 Å². The average molecular weight is 392 g/mol. The number of carbonyl (C=O) groups is 2. The Balaban J connectivity index is 1.30. The number of nitrogens with zero attached hydrogens (tertiary/aromatic N) is 3. The molecule has 1 aromatic rings. The molecule has 3 aliphatic rings. The van der Waals surface area contributed by atoms with Crippen molar-refractivity contribution in [2.75, 3.05) is 50.7 Å². The van der Waals surface area contributed by atoms with Crippen molar-refractivity contribution < 1.29 is 9.59 Å². The van der Waals surface area contributed by atoms with Gasteiger partial charge in [0.05, 0.1) is 10.7 Å². The van der Waals surface area contributed by atoms with E-state index in [9.17, 15) is 9.59 Å². The second kappa shape index (κ2) is 8.04. The van der Waals surface area contributed by atoms with E-state index in [1.165, 1.54) is 6.42 Å². The fraction of sp³-hybridized carbons (Fsp3) is 0.579. The first-order chi connectivity index (χ1) is 13.1. The molecule has 146 valence electrons. The molecule has 2 unspecified atom stereocenters. The number of piperazine rings is 1. The van der Waals surface area contributed by atoms with Gasteiger partial charge in [0.1, 0.15) is 6.04 Å². The molecule has 0 spiro atoms. The topological polar surface area (TPSA) is 67.9 Å². The van der Waals surface area contributed by atoms with E-state index in [2.05, 4.69) is 15.5 Å². The van der Waals surface area contributed by atoms with Gasteiger partial charge in [-0.05, 0) is 31.5 Å². The summed E-state index contributed by atoms with van der Waals surface area (Å²) in [6.45, 7) is 5.89. The molecule has 3 fully saturated rings. The average Bonchev–Trinajstić information content (AvgIpc) is 3.34. The summed E-state index contributed by atoms with van der Waals surface area (Å²) in [5.74, 6) is -0.0906. The highest BCUT2D eigenvalue weighted by atomic mass is 35.5. The van der Waals surface area contributed by atoms with Gasteiger partial charge >= 0.3 is 6.03 Å². The van der Waals surface area contributed by atoms with Gasteiger partial charge in [-0.15, -0.1) is 0 Å². The van der Waals surface area contributed by atoms with Gasteiger partial charge in [0.25, 0.3) is 0 Å². The number of nitrogens with one attached hydrogen (secondary N) is 2. The standard InChI is InChI=1S/C19H26ClN5O2/c20-15-3-1-2-4-17(15)25-8-6-16(18(25)26)22-19(27)24-11-9-23(10-12-24)14-5-7-21-13-14/h1-4,14,16,21H,5-13H2,(H,22,27). The molecule has 3 amide bonds. The lowest BCUT2D eigenvalue weighted by Crippen LogP contribution is -2.56. The zero-order valence-electron chi connectivity index (χ0n) is 15.4. The zero-order valence-corrected chi connectivity index (χ0v) is 16.1. The molecule has 0 aromatic heterocycles. The van der Waals surface area contributed by atoms with Crippen molar-refractivity contribution in [2.24, 2.45) is 0 Å². The molecule has 27 heavy (non-hydrogen) atoms. The first-order valence-electron chi connectivity index (χ1n) is 9.69. The normalized spacial score (nSPS) is 26.6. The smallest absolute Gasteiger partial charge is 0.318 e. The molecule has 7 nitrogen and oxygen atoms in total. The second-order valence-electron chi connectivity index (χ2n) is 7.40. The summed E-state index contributed by atoms with van der Waals surface area (Å²) in [6, 6.07) is 7.28. The van der Waals surface area contributed by atoms with Crippen LogP contribution in [0.4, 0.5) is 10.5 Å². The number of anilines is 1. The Labute approximate surface area is 164 Å². The maximum Gasteiger partial charge on any atom is 0.318 e. The molecule has 3 heterocycles. The van der Waals surface area contributed by atoms with Gasteiger partial charge in [0.15, 0.2) is 0 Å². The first kappa shape index (κ1) is 18.5. The van der Waals surface area contributed by atoms with Crippen molar-refractivity contribution in [1.82, 2.24) is 20.4 Å². The molecule has 0 radical (unpaired) electrons. The number of hydrogen-bond acceptors (Lipinski definition) is 4. The molecule has 3 aliphatic heterocycles. The Morgan fingerprint density at radius 3 is 2.59 bits per heavy atom. The van der Waals surface area contributed by atoms with Crippen molar-refractivity contribution in [3.05, 3.63) is 29.3 Å². The molecular formula is C19H26ClN5O2. The van der Waals surface area contributed by atoms with E-state index in [4.69, 9.17) is 11.6 Å². The number of urea groups is 1. The van der Waals surface area contributed by atoms with Crippen molar-refractivity contribution in [3.8, 4) is 0 Å². The fourth-order valence-corrected chi connectivity index (χ4v) is 4.44. The Morgan fingerprint density at radius 2 is 1.89 bits per heavy atom. The van der Waals surface area contributed by atoms with E-state index >= 15 is 0 Å². The lowest BCUT2D eigenvalue weighted by Gasteiger charge is -2.38. The quantitative estimate of drug-likeness (QED) is 0.810. The van der Waals surface area contributed by atoms with E-state index in [1.54, 1.807) is 11.0 Å². The summed E-state index contributed by atoms with van der Waals surface area (Å²) in [7, 11) is 0. The molecule has 8 heteroatoms. The van der Waals surface area contributed by atoms with Gasteiger partial charge in [-0.2, -0.15) is 0 Å². The maximum absolute atomic E-state index is 12.7. The van der Waals surface area contributed by atoms with Crippen molar-refractivity contribution in [1.29, 1.82) is 0 Å². The first-order valence-corrected chi connectivity index (χ1v) is 10.1. The Morgan fingerprint density at radius 1 is 1.11 bits per heavy atom. The summed E-state index contributed by atoms with van der Waals surface area (Å²) >= 11 is 6.21. The largest absolute Gasteiger partial charge is 0.326 e. The minimum atomic E-state index is -0.481. The van der Waals surface area contributed by atoms with E-state index in [1.807, 2.05) is 23.1 Å². The highest BCUT2D eigenvalue weighted by Crippen LogP contribution is 2.29. The van der Waals surface area contributed by atoms with Gasteiger partial charge < -0.3 is 20.4 Å². The van der Waals surface area contributed by atoms with Crippen molar-refractivity contribution in [3.63, 3.8) is 0 Å². The van der Waals surface area contributed by atoms with Crippen LogP contribution in [-0.2, 0) is 4.79 Å². The Kier molecular flexibility index (Phi) is 5.52. The van der Waals surface area contributed by atoms with Crippen LogP contribution in [0, 0.1) is 0 Å². The van der Waals surface area contributed by atoms with E-state index in [0.717, 1.165) is 26.2 Å². The number of carbonyl (C=O) groups excluding carboxylic acids is 2. The van der Waals surface area contributed by atoms with Crippen LogP contribution in [0.5, 0.6) is 0 Å². The fourth-order valence-electron chi connectivity index (χ4n) is 4.21. The molecule has 0 saturated carbocycles. The van der Waals surface area contributed by atoms with Crippen LogP contribution in [0.25, 0.3) is 0 Å². The third kappa shape index (κ3) is 3.90. The summed E-state index contributed by atoms with van der Waals surface area (Å²) in [5, 5.41) is 6.87. The highest BCUT2D eigenvalue weighted by molar-refractivity contribution is 6.34. The number of rotatable bonds is 3. The van der Waals surface area contributed by atoms with Crippen LogP contribution in [0.3, 0.4) is 0 Å². The third-order valence-corrected chi connectivity index (χ3v) is 6.12. The molecule has 2 atom stereocenters. The van der Waals surface area contributed by atoms with Crippen molar-refractivity contribution in [2.45, 2.75) is 24.9 Å². The van der Waals surface area contributed by atoms with Crippen LogP contribution in [0.1, 0.15) is 12.8 Å². The van der Waals surface area contributed by atoms with E-state index < -0.39 is 6.04 Å². The van der Waals surface area contributed by atoms with E-state index in [0.29, 0.717) is 42.8 Å². The lowest BCUT2D eigenvalue weighted by molar-refractivity contribution is -0.118. The van der Waals surface area contributed by atoms with Gasteiger partial charge in [0, 0.05) is 45.3 Å². The SMILES string of the molecule is O=C(NC1CCN(c2ccccc2Cl)C1=O)N1CCN(C2CCNC2)CC1. The molecule has 3 saturated heterocycles. The van der Waals surface area contributed by atoms with Gasteiger partial charge in [-0.25, -0.2) is 4.79 Å². The van der Waals surface area contributed by atoms with Crippen LogP contribution >= 0.6 is 11.6 Å². The zero-order chi connectivity index (χ0) is 18.8. The maximum atomic E-state index is 12.7. The molecule has 1 aromatic carbocycles. The minimum absolute atomic E-state index is 0.0906.